The lowest BCUT2D eigenvalue weighted by atomic mass is 9.47. The molecule has 0 radical (unpaired) electrons. The molecule has 5 rings (SSSR count). The van der Waals surface area contributed by atoms with Crippen molar-refractivity contribution in [3.63, 3.8) is 0 Å². The van der Waals surface area contributed by atoms with Crippen LogP contribution in [-0.4, -0.2) is 54.4 Å². The van der Waals surface area contributed by atoms with Crippen LogP contribution in [0.4, 0.5) is 0 Å². The summed E-state index contributed by atoms with van der Waals surface area (Å²) in [6, 6.07) is 5.75. The van der Waals surface area contributed by atoms with Gasteiger partial charge in [0.25, 0.3) is 0 Å². The summed E-state index contributed by atoms with van der Waals surface area (Å²) in [5, 5.41) is 2.97. The number of hydrogen-bond donors (Lipinski definition) is 5. The Balaban J connectivity index is 1.14. The van der Waals surface area contributed by atoms with E-state index < -0.39 is 12.1 Å². The van der Waals surface area contributed by atoms with E-state index >= 15 is 0 Å². The summed E-state index contributed by atoms with van der Waals surface area (Å²) in [4.78, 5) is 35.5. The third-order valence-electron chi connectivity index (χ3n) is 14.5. The van der Waals surface area contributed by atoms with Crippen molar-refractivity contribution in [1.29, 1.82) is 0 Å². The minimum atomic E-state index is -0.722. The number of nitrogens with two attached hydrogens (primary N) is 3. The normalized spacial score (nSPS) is 30.0. The fourth-order valence-electron chi connectivity index (χ4n) is 11.4. The molecular formula is C46H72N6O3S. The molecule has 3 fully saturated rings. The average Bonchev–Trinajstić information content (AvgIpc) is 3.51. The van der Waals surface area contributed by atoms with Crippen LogP contribution in [0.5, 0.6) is 0 Å². The first-order chi connectivity index (χ1) is 26.7. The van der Waals surface area contributed by atoms with Crippen LogP contribution in [0.25, 0.3) is 0 Å². The highest BCUT2D eigenvalue weighted by Crippen LogP contribution is 2.67. The highest BCUT2D eigenvalue weighted by atomic mass is 32.1. The van der Waals surface area contributed by atoms with Gasteiger partial charge in [-0.3, -0.25) is 9.79 Å². The fourth-order valence-corrected chi connectivity index (χ4v) is 11.7. The van der Waals surface area contributed by atoms with Crippen LogP contribution >= 0.6 is 12.6 Å². The predicted octanol–water partition coefficient (Wildman–Crippen LogP) is 8.37. The molecule has 0 aliphatic heterocycles. The van der Waals surface area contributed by atoms with Crippen LogP contribution < -0.4 is 22.5 Å². The molecule has 0 spiro atoms. The number of Topliss-reactive ketones (excluding diaryl/α,β-unsaturated/α-hetero) is 1. The molecule has 0 heterocycles. The number of carbonyl (C=O) groups excluding carboxylic acids is 2. The number of nitrogens with one attached hydrogen (secondary N) is 1. The van der Waals surface area contributed by atoms with Crippen LogP contribution in [0.2, 0.25) is 0 Å². The third kappa shape index (κ3) is 10.4. The van der Waals surface area contributed by atoms with Gasteiger partial charge in [0.05, 0.1) is 11.4 Å². The molecule has 7 N–H and O–H groups in total. The number of hydrogen-bond acceptors (Lipinski definition) is 8. The van der Waals surface area contributed by atoms with E-state index in [1.165, 1.54) is 56.9 Å². The van der Waals surface area contributed by atoms with Gasteiger partial charge in [0.15, 0.2) is 11.7 Å². The number of allylic oxidation sites excluding steroid dienone is 1. The second kappa shape index (κ2) is 19.5. The molecule has 1 aromatic rings. The van der Waals surface area contributed by atoms with E-state index in [2.05, 4.69) is 75.2 Å². The van der Waals surface area contributed by atoms with Gasteiger partial charge in [-0.2, -0.15) is 12.6 Å². The topological polar surface area (TPSA) is 158 Å². The van der Waals surface area contributed by atoms with E-state index in [9.17, 15) is 9.59 Å². The van der Waals surface area contributed by atoms with Crippen molar-refractivity contribution in [2.45, 2.75) is 143 Å². The Morgan fingerprint density at radius 3 is 2.39 bits per heavy atom. The minimum Gasteiger partial charge on any atom is -0.458 e. The Hall–Kier alpha value is -3.27. The summed E-state index contributed by atoms with van der Waals surface area (Å²) >= 11 is 4.39. The molecule has 3 saturated carbocycles. The van der Waals surface area contributed by atoms with E-state index in [0.29, 0.717) is 36.2 Å². The van der Waals surface area contributed by atoms with Crippen LogP contribution in [0.15, 0.2) is 58.3 Å². The second-order valence-corrected chi connectivity index (χ2v) is 18.9. The zero-order valence-corrected chi connectivity index (χ0v) is 35.9. The predicted molar refractivity (Wildman–Crippen MR) is 234 cm³/mol. The summed E-state index contributed by atoms with van der Waals surface area (Å²) in [5.74, 6) is 4.84. The number of thiol groups is 1. The lowest BCUT2D eigenvalue weighted by molar-refractivity contribution is -0.121. The average molecular weight is 789 g/mol. The zero-order valence-electron chi connectivity index (χ0n) is 35.0. The molecular weight excluding hydrogens is 717 g/mol. The van der Waals surface area contributed by atoms with Gasteiger partial charge in [-0.15, -0.1) is 0 Å². The van der Waals surface area contributed by atoms with Crippen LogP contribution in [0, 0.1) is 46.3 Å². The number of ether oxygens (including phenoxy) is 1. The first-order valence-electron chi connectivity index (χ1n) is 21.6. The molecule has 0 bridgehead atoms. The van der Waals surface area contributed by atoms with Crippen molar-refractivity contribution in [1.82, 2.24) is 5.32 Å². The Labute approximate surface area is 343 Å². The van der Waals surface area contributed by atoms with Gasteiger partial charge in [0.2, 0.25) is 0 Å². The Morgan fingerprint density at radius 1 is 0.964 bits per heavy atom. The fraction of sp³-hybridized carbons (Fsp3) is 0.696. The number of esters is 1. The standard InChI is InChI=1S/C46H72N6O3S/c1-29(2)10-9-11-30(3)37-19-20-38-36-18-17-34-26-35(21-23-45(34,5)39(36)22-24-46(37,38)6)55-43(54)33-15-13-32(14-16-33)27-51-41(28-56)42(53)40(52-44(48)49)12-7-8-25-50-31(4)47/h13-17,27,29-30,35-41,50,56H,4,7-12,18-26,28,47H2,1-3,5-6H3,(H4,48,49,52). The maximum Gasteiger partial charge on any atom is 0.338 e. The lowest BCUT2D eigenvalue weighted by Gasteiger charge is -2.58. The Kier molecular flexibility index (Phi) is 15.2. The number of aliphatic imine (C=N–C) groups is 2. The maximum atomic E-state index is 13.4. The van der Waals surface area contributed by atoms with Crippen molar-refractivity contribution in [3.05, 3.63) is 59.4 Å². The number of fused-ring (bicyclic) bond motifs is 5. The molecule has 4 aliphatic rings. The molecule has 0 aromatic heterocycles. The molecule has 9 nitrogen and oxygen atoms in total. The largest absolute Gasteiger partial charge is 0.458 e. The number of guanidine groups is 1. The number of unbranched alkanes of at least 4 members (excludes halogenated alkanes) is 1. The number of carbonyl (C=O) groups is 2. The molecule has 0 amide bonds. The quantitative estimate of drug-likeness (QED) is 0.0235. The monoisotopic (exact) mass is 789 g/mol. The first-order valence-corrected chi connectivity index (χ1v) is 22.2. The summed E-state index contributed by atoms with van der Waals surface area (Å²) in [6.07, 6.45) is 19.7. The number of rotatable bonds is 19. The third-order valence-corrected chi connectivity index (χ3v) is 14.8. The van der Waals surface area contributed by atoms with Gasteiger partial charge in [0.1, 0.15) is 18.2 Å². The van der Waals surface area contributed by atoms with Gasteiger partial charge in [-0.25, -0.2) is 9.79 Å². The van der Waals surface area contributed by atoms with Gasteiger partial charge in [-0.1, -0.05) is 84.2 Å². The minimum absolute atomic E-state index is 0.104. The van der Waals surface area contributed by atoms with Gasteiger partial charge < -0.3 is 27.3 Å². The molecule has 10 unspecified atom stereocenters. The van der Waals surface area contributed by atoms with Crippen molar-refractivity contribution in [3.8, 4) is 0 Å². The molecule has 56 heavy (non-hydrogen) atoms. The smallest absolute Gasteiger partial charge is 0.338 e. The number of nitrogens with zero attached hydrogens (tertiary/aromatic N) is 2. The molecule has 310 valence electrons. The molecule has 1 aromatic carbocycles. The molecule has 10 heteroatoms. The summed E-state index contributed by atoms with van der Waals surface area (Å²) < 4.78 is 6.17. The van der Waals surface area contributed by atoms with E-state index in [-0.39, 0.29) is 35.0 Å². The highest BCUT2D eigenvalue weighted by molar-refractivity contribution is 7.80. The lowest BCUT2D eigenvalue weighted by Crippen LogP contribution is -2.51. The van der Waals surface area contributed by atoms with Crippen molar-refractivity contribution in [2.24, 2.45) is 73.5 Å². The molecule has 10 atom stereocenters. The van der Waals surface area contributed by atoms with Crippen molar-refractivity contribution in [2.75, 3.05) is 12.3 Å². The van der Waals surface area contributed by atoms with Crippen molar-refractivity contribution < 1.29 is 14.3 Å². The second-order valence-electron chi connectivity index (χ2n) is 18.6. The first kappa shape index (κ1) is 43.8. The van der Waals surface area contributed by atoms with Gasteiger partial charge in [0, 0.05) is 24.9 Å². The van der Waals surface area contributed by atoms with Crippen LogP contribution in [0.1, 0.15) is 140 Å². The van der Waals surface area contributed by atoms with E-state index in [1.807, 2.05) is 12.1 Å². The Morgan fingerprint density at radius 2 is 1.71 bits per heavy atom. The summed E-state index contributed by atoms with van der Waals surface area (Å²) in [5.41, 5.74) is 20.4. The number of benzene rings is 1. The van der Waals surface area contributed by atoms with Gasteiger partial charge in [-0.05, 0) is 128 Å². The zero-order chi connectivity index (χ0) is 40.6. The molecule has 0 saturated heterocycles. The van der Waals surface area contributed by atoms with E-state index in [1.54, 1.807) is 18.3 Å². The Bertz CT molecular complexity index is 1600. The van der Waals surface area contributed by atoms with Gasteiger partial charge >= 0.3 is 5.97 Å². The van der Waals surface area contributed by atoms with Crippen LogP contribution in [0.3, 0.4) is 0 Å². The van der Waals surface area contributed by atoms with E-state index in [0.717, 1.165) is 66.8 Å². The summed E-state index contributed by atoms with van der Waals surface area (Å²) in [7, 11) is 0. The van der Waals surface area contributed by atoms with E-state index in [4.69, 9.17) is 21.9 Å². The van der Waals surface area contributed by atoms with Crippen molar-refractivity contribution >= 4 is 36.6 Å². The molecule has 4 aliphatic carbocycles. The van der Waals surface area contributed by atoms with Crippen LogP contribution in [-0.2, 0) is 9.53 Å². The number of ketones is 1. The SMILES string of the molecule is C=C(N)NCCCCC(N=C(N)N)C(=O)C(CS)N=Cc1ccc(C(=O)OC2CCC3(C)C(=CCC4C3CCC3(C)C(C(C)CCCC(C)C)CCC43)C2)cc1. The maximum absolute atomic E-state index is 13.4. The summed E-state index contributed by atoms with van der Waals surface area (Å²) in [6.45, 7) is 16.7. The highest BCUT2D eigenvalue weighted by Gasteiger charge is 2.59.